The molecule has 1 heteroatoms. The molecule has 0 N–H and O–H groups in total. The first-order valence-electron chi connectivity index (χ1n) is 6.63. The van der Waals surface area contributed by atoms with Crippen molar-refractivity contribution in [2.75, 3.05) is 0 Å². The summed E-state index contributed by atoms with van der Waals surface area (Å²) in [5.74, 6) is 0.569. The van der Waals surface area contributed by atoms with Crippen LogP contribution in [0.25, 0.3) is 0 Å². The average Bonchev–Trinajstić information content (AvgIpc) is 2.30. The number of halogens is 1. The predicted octanol–water partition coefficient (Wildman–Crippen LogP) is 4.97. The Hall–Kier alpha value is -0.750. The molecule has 0 bridgehead atoms. The normalized spacial score (nSPS) is 17.1. The molecule has 0 nitrogen and oxygen atoms in total. The van der Waals surface area contributed by atoms with Gasteiger partial charge in [-0.1, -0.05) is 36.7 Å². The molecule has 1 aromatic rings. The molecule has 0 aliphatic heterocycles. The van der Waals surface area contributed by atoms with Gasteiger partial charge in [-0.3, -0.25) is 0 Å². The molecule has 1 atom stereocenters. The van der Waals surface area contributed by atoms with E-state index in [0.29, 0.717) is 5.92 Å². The van der Waals surface area contributed by atoms with Crippen molar-refractivity contribution < 1.29 is 0 Å². The first kappa shape index (κ1) is 12.7. The molecule has 1 aromatic carbocycles. The highest BCUT2D eigenvalue weighted by Gasteiger charge is 2.13. The Morgan fingerprint density at radius 3 is 2.53 bits per heavy atom. The van der Waals surface area contributed by atoms with Gasteiger partial charge in [0.2, 0.25) is 0 Å². The highest BCUT2D eigenvalue weighted by molar-refractivity contribution is 6.31. The maximum Gasteiger partial charge on any atom is 0.0441 e. The van der Waals surface area contributed by atoms with Crippen LogP contribution in [-0.2, 0) is 19.3 Å². The molecule has 0 saturated heterocycles. The van der Waals surface area contributed by atoms with E-state index in [9.17, 15) is 0 Å². The van der Waals surface area contributed by atoms with Crippen molar-refractivity contribution in [1.82, 2.24) is 0 Å². The second-order valence-electron chi connectivity index (χ2n) is 5.13. The molecule has 0 radical (unpaired) electrons. The fourth-order valence-electron chi connectivity index (χ4n) is 2.71. The highest BCUT2D eigenvalue weighted by Crippen LogP contribution is 2.29. The Morgan fingerprint density at radius 1 is 1.24 bits per heavy atom. The van der Waals surface area contributed by atoms with Crippen molar-refractivity contribution in [2.45, 2.75) is 46.0 Å². The predicted molar refractivity (Wildman–Crippen MR) is 75.8 cm³/mol. The summed E-state index contributed by atoms with van der Waals surface area (Å²) in [6.07, 6.45) is 10.5. The molecule has 0 fully saturated rings. The summed E-state index contributed by atoms with van der Waals surface area (Å²) in [4.78, 5) is 0. The van der Waals surface area contributed by atoms with Gasteiger partial charge in [0.1, 0.15) is 0 Å². The minimum absolute atomic E-state index is 0.569. The molecule has 0 aromatic heterocycles. The monoisotopic (exact) mass is 248 g/mol. The van der Waals surface area contributed by atoms with Crippen LogP contribution in [0.5, 0.6) is 0 Å². The Bertz CT molecular complexity index is 418. The van der Waals surface area contributed by atoms with Crippen LogP contribution in [0.2, 0.25) is 5.02 Å². The zero-order valence-electron chi connectivity index (χ0n) is 10.8. The van der Waals surface area contributed by atoms with Crippen LogP contribution in [0.1, 0.15) is 43.4 Å². The zero-order valence-corrected chi connectivity index (χ0v) is 11.6. The molecule has 0 saturated carbocycles. The smallest absolute Gasteiger partial charge is 0.0441 e. The van der Waals surface area contributed by atoms with Crippen molar-refractivity contribution in [3.05, 3.63) is 46.0 Å². The number of hydrogen-bond acceptors (Lipinski definition) is 0. The largest absolute Gasteiger partial charge is 0.0914 e. The zero-order chi connectivity index (χ0) is 12.3. The van der Waals surface area contributed by atoms with Gasteiger partial charge < -0.3 is 0 Å². The summed E-state index contributed by atoms with van der Waals surface area (Å²) >= 11 is 6.38. The molecule has 92 valence electrons. The average molecular weight is 249 g/mol. The maximum absolute atomic E-state index is 6.38. The third-order valence-electron chi connectivity index (χ3n) is 3.57. The third kappa shape index (κ3) is 3.13. The quantitative estimate of drug-likeness (QED) is 0.663. The molecule has 1 unspecified atom stereocenters. The van der Waals surface area contributed by atoms with Gasteiger partial charge in [0.15, 0.2) is 0 Å². The number of allylic oxidation sites excluding steroid dienone is 2. The van der Waals surface area contributed by atoms with Gasteiger partial charge in [-0.05, 0) is 67.7 Å². The maximum atomic E-state index is 6.38. The summed E-state index contributed by atoms with van der Waals surface area (Å²) in [7, 11) is 0. The van der Waals surface area contributed by atoms with Gasteiger partial charge in [0.05, 0.1) is 0 Å². The Labute approximate surface area is 110 Å². The molecular weight excluding hydrogens is 228 g/mol. The molecule has 0 spiro atoms. The SMILES string of the molecule is C/C=C\C(C)Cc1cc2c(cc1Cl)CCCC2. The summed E-state index contributed by atoms with van der Waals surface area (Å²) < 4.78 is 0. The number of hydrogen-bond donors (Lipinski definition) is 0. The fourth-order valence-corrected chi connectivity index (χ4v) is 2.97. The van der Waals surface area contributed by atoms with E-state index >= 15 is 0 Å². The second-order valence-corrected chi connectivity index (χ2v) is 5.53. The lowest BCUT2D eigenvalue weighted by Crippen LogP contribution is -2.05. The lowest BCUT2D eigenvalue weighted by molar-refractivity contribution is 0.678. The number of fused-ring (bicyclic) bond motifs is 1. The van der Waals surface area contributed by atoms with Crippen LogP contribution >= 0.6 is 11.6 Å². The lowest BCUT2D eigenvalue weighted by atomic mass is 9.88. The first-order chi connectivity index (χ1) is 8.20. The number of benzene rings is 1. The van der Waals surface area contributed by atoms with Crippen LogP contribution in [0.15, 0.2) is 24.3 Å². The van der Waals surface area contributed by atoms with Crippen molar-refractivity contribution >= 4 is 11.6 Å². The number of aryl methyl sites for hydroxylation is 2. The minimum Gasteiger partial charge on any atom is -0.0914 e. The van der Waals surface area contributed by atoms with Crippen LogP contribution in [0.3, 0.4) is 0 Å². The lowest BCUT2D eigenvalue weighted by Gasteiger charge is -2.18. The third-order valence-corrected chi connectivity index (χ3v) is 3.93. The van der Waals surface area contributed by atoms with Crippen molar-refractivity contribution in [3.8, 4) is 0 Å². The molecule has 2 rings (SSSR count). The topological polar surface area (TPSA) is 0 Å². The van der Waals surface area contributed by atoms with Crippen LogP contribution in [-0.4, -0.2) is 0 Å². The molecule has 0 amide bonds. The van der Waals surface area contributed by atoms with Crippen molar-refractivity contribution in [1.29, 1.82) is 0 Å². The minimum atomic E-state index is 0.569. The van der Waals surface area contributed by atoms with E-state index in [1.54, 1.807) is 0 Å². The van der Waals surface area contributed by atoms with E-state index in [4.69, 9.17) is 11.6 Å². The summed E-state index contributed by atoms with van der Waals surface area (Å²) in [6.45, 7) is 4.32. The van der Waals surface area contributed by atoms with Gasteiger partial charge in [-0.15, -0.1) is 0 Å². The van der Waals surface area contributed by atoms with E-state index in [1.807, 2.05) is 0 Å². The molecular formula is C16H21Cl. The number of rotatable bonds is 3. The standard InChI is InChI=1S/C16H21Cl/c1-3-6-12(2)9-15-10-13-7-4-5-8-14(13)11-16(15)17/h3,6,10-12H,4-5,7-9H2,1-2H3/b6-3-. The van der Waals surface area contributed by atoms with Gasteiger partial charge in [0, 0.05) is 5.02 Å². The van der Waals surface area contributed by atoms with E-state index < -0.39 is 0 Å². The van der Waals surface area contributed by atoms with E-state index in [2.05, 4.69) is 38.1 Å². The summed E-state index contributed by atoms with van der Waals surface area (Å²) in [5, 5.41) is 0.960. The van der Waals surface area contributed by atoms with Gasteiger partial charge in [-0.2, -0.15) is 0 Å². The van der Waals surface area contributed by atoms with Gasteiger partial charge in [0.25, 0.3) is 0 Å². The molecule has 1 aliphatic rings. The Kier molecular flexibility index (Phi) is 4.28. The molecule has 0 heterocycles. The second kappa shape index (κ2) is 5.73. The van der Waals surface area contributed by atoms with E-state index in [0.717, 1.165) is 11.4 Å². The molecule has 17 heavy (non-hydrogen) atoms. The van der Waals surface area contributed by atoms with Crippen LogP contribution < -0.4 is 0 Å². The Balaban J connectivity index is 2.22. The van der Waals surface area contributed by atoms with Crippen molar-refractivity contribution in [2.24, 2.45) is 5.92 Å². The highest BCUT2D eigenvalue weighted by atomic mass is 35.5. The van der Waals surface area contributed by atoms with E-state index in [1.165, 1.54) is 42.4 Å². The van der Waals surface area contributed by atoms with Crippen molar-refractivity contribution in [3.63, 3.8) is 0 Å². The fraction of sp³-hybridized carbons (Fsp3) is 0.500. The summed E-state index contributed by atoms with van der Waals surface area (Å²) in [6, 6.07) is 4.55. The van der Waals surface area contributed by atoms with E-state index in [-0.39, 0.29) is 0 Å². The first-order valence-corrected chi connectivity index (χ1v) is 7.01. The van der Waals surface area contributed by atoms with Gasteiger partial charge >= 0.3 is 0 Å². The van der Waals surface area contributed by atoms with Crippen LogP contribution in [0, 0.1) is 5.92 Å². The summed E-state index contributed by atoms with van der Waals surface area (Å²) in [5.41, 5.74) is 4.32. The van der Waals surface area contributed by atoms with Gasteiger partial charge in [-0.25, -0.2) is 0 Å². The Morgan fingerprint density at radius 2 is 1.88 bits per heavy atom. The van der Waals surface area contributed by atoms with Crippen LogP contribution in [0.4, 0.5) is 0 Å². The molecule has 1 aliphatic carbocycles.